The molecule has 0 saturated carbocycles. The molecule has 2 unspecified atom stereocenters. The van der Waals surface area contributed by atoms with E-state index in [1.54, 1.807) is 19.4 Å². The van der Waals surface area contributed by atoms with Gasteiger partial charge in [0.1, 0.15) is 0 Å². The van der Waals surface area contributed by atoms with Gasteiger partial charge >= 0.3 is 0 Å². The zero-order valence-electron chi connectivity index (χ0n) is 9.40. The molecule has 0 aliphatic rings. The van der Waals surface area contributed by atoms with Crippen molar-refractivity contribution in [2.24, 2.45) is 12.8 Å². The fourth-order valence-electron chi connectivity index (χ4n) is 1.45. The van der Waals surface area contributed by atoms with E-state index in [0.717, 1.165) is 6.42 Å². The number of anilines is 1. The molecule has 5 nitrogen and oxygen atoms in total. The van der Waals surface area contributed by atoms with Crippen LogP contribution in [0.4, 0.5) is 5.82 Å². The quantitative estimate of drug-likeness (QED) is 0.750. The Bertz CT molecular complexity index is 372. The first kappa shape index (κ1) is 11.7. The maximum absolute atomic E-state index is 11.6. The molecular weight excluding hydrogens is 192 g/mol. The Hall–Kier alpha value is -1.36. The van der Waals surface area contributed by atoms with Gasteiger partial charge in [-0.15, -0.1) is 0 Å². The maximum Gasteiger partial charge on any atom is 0.293 e. The van der Waals surface area contributed by atoms with Crippen LogP contribution in [0.3, 0.4) is 0 Å². The Morgan fingerprint density at radius 2 is 2.27 bits per heavy atom. The van der Waals surface area contributed by atoms with Crippen LogP contribution in [-0.2, 0) is 7.05 Å². The molecule has 0 spiro atoms. The summed E-state index contributed by atoms with van der Waals surface area (Å²) >= 11 is 0. The molecular formula is C10H18N4O. The topological polar surface area (TPSA) is 72.9 Å². The molecule has 0 fully saturated rings. The molecule has 2 atom stereocenters. The molecule has 1 aromatic rings. The van der Waals surface area contributed by atoms with Crippen LogP contribution in [0.5, 0.6) is 0 Å². The van der Waals surface area contributed by atoms with Gasteiger partial charge in [0.15, 0.2) is 5.82 Å². The summed E-state index contributed by atoms with van der Waals surface area (Å²) in [5, 5.41) is 3.06. The first-order chi connectivity index (χ1) is 7.00. The number of hydrogen-bond acceptors (Lipinski definition) is 4. The van der Waals surface area contributed by atoms with Crippen LogP contribution in [0.1, 0.15) is 20.3 Å². The second-order valence-electron chi connectivity index (χ2n) is 3.95. The molecule has 0 aliphatic heterocycles. The van der Waals surface area contributed by atoms with Crippen LogP contribution in [0, 0.1) is 0 Å². The zero-order chi connectivity index (χ0) is 11.4. The van der Waals surface area contributed by atoms with Gasteiger partial charge in [0.25, 0.3) is 5.56 Å². The third-order valence-corrected chi connectivity index (χ3v) is 2.13. The summed E-state index contributed by atoms with van der Waals surface area (Å²) in [6.45, 7) is 3.92. The van der Waals surface area contributed by atoms with E-state index in [9.17, 15) is 4.79 Å². The van der Waals surface area contributed by atoms with Crippen molar-refractivity contribution < 1.29 is 0 Å². The summed E-state index contributed by atoms with van der Waals surface area (Å²) < 4.78 is 1.49. The summed E-state index contributed by atoms with van der Waals surface area (Å²) in [4.78, 5) is 15.6. The van der Waals surface area contributed by atoms with Crippen molar-refractivity contribution in [1.82, 2.24) is 9.55 Å². The summed E-state index contributed by atoms with van der Waals surface area (Å²) in [7, 11) is 1.70. The van der Waals surface area contributed by atoms with Crippen LogP contribution in [-0.4, -0.2) is 21.6 Å². The van der Waals surface area contributed by atoms with Crippen LogP contribution in [0.25, 0.3) is 0 Å². The molecule has 0 bridgehead atoms. The summed E-state index contributed by atoms with van der Waals surface area (Å²) in [6.07, 6.45) is 4.03. The van der Waals surface area contributed by atoms with Gasteiger partial charge in [0.05, 0.1) is 0 Å². The molecule has 1 aromatic heterocycles. The van der Waals surface area contributed by atoms with Gasteiger partial charge in [0.2, 0.25) is 0 Å². The number of aryl methyl sites for hydroxylation is 1. The van der Waals surface area contributed by atoms with Crippen LogP contribution in [0.15, 0.2) is 17.2 Å². The Morgan fingerprint density at radius 3 is 2.87 bits per heavy atom. The predicted octanol–water partition coefficient (Wildman–Crippen LogP) is 0.318. The Balaban J connectivity index is 2.73. The lowest BCUT2D eigenvalue weighted by Crippen LogP contribution is -2.30. The van der Waals surface area contributed by atoms with Gasteiger partial charge in [-0.3, -0.25) is 4.79 Å². The monoisotopic (exact) mass is 210 g/mol. The lowest BCUT2D eigenvalue weighted by atomic mass is 10.1. The third kappa shape index (κ3) is 3.36. The van der Waals surface area contributed by atoms with E-state index in [0.29, 0.717) is 5.82 Å². The number of hydrogen-bond donors (Lipinski definition) is 2. The molecule has 0 aliphatic carbocycles. The number of nitrogens with one attached hydrogen (secondary N) is 1. The molecule has 1 heterocycles. The van der Waals surface area contributed by atoms with E-state index >= 15 is 0 Å². The first-order valence-corrected chi connectivity index (χ1v) is 5.04. The number of nitrogens with two attached hydrogens (primary N) is 1. The summed E-state index contributed by atoms with van der Waals surface area (Å²) in [5.41, 5.74) is 5.55. The normalized spacial score (nSPS) is 14.7. The predicted molar refractivity (Wildman–Crippen MR) is 60.8 cm³/mol. The summed E-state index contributed by atoms with van der Waals surface area (Å²) in [5.74, 6) is 0.383. The fourth-order valence-corrected chi connectivity index (χ4v) is 1.45. The van der Waals surface area contributed by atoms with Crippen molar-refractivity contribution in [2.45, 2.75) is 32.4 Å². The van der Waals surface area contributed by atoms with Gasteiger partial charge in [-0.25, -0.2) is 4.98 Å². The Morgan fingerprint density at radius 1 is 1.60 bits per heavy atom. The average molecular weight is 210 g/mol. The minimum absolute atomic E-state index is 0.111. The molecule has 1 rings (SSSR count). The van der Waals surface area contributed by atoms with E-state index in [4.69, 9.17) is 5.73 Å². The SMILES string of the molecule is CC(N)CC(C)Nc1nccn(C)c1=O. The van der Waals surface area contributed by atoms with Crippen molar-refractivity contribution in [3.05, 3.63) is 22.7 Å². The summed E-state index contributed by atoms with van der Waals surface area (Å²) in [6, 6.07) is 0.257. The second kappa shape index (κ2) is 4.93. The Labute approximate surface area is 89.3 Å². The first-order valence-electron chi connectivity index (χ1n) is 5.04. The number of rotatable bonds is 4. The molecule has 5 heteroatoms. The van der Waals surface area contributed by atoms with Crippen molar-refractivity contribution >= 4 is 5.82 Å². The van der Waals surface area contributed by atoms with E-state index in [1.807, 2.05) is 13.8 Å². The molecule has 3 N–H and O–H groups in total. The minimum atomic E-state index is -0.117. The largest absolute Gasteiger partial charge is 0.363 e. The van der Waals surface area contributed by atoms with Gasteiger partial charge in [-0.1, -0.05) is 0 Å². The van der Waals surface area contributed by atoms with Crippen molar-refractivity contribution in [3.63, 3.8) is 0 Å². The van der Waals surface area contributed by atoms with Crippen LogP contribution < -0.4 is 16.6 Å². The lowest BCUT2D eigenvalue weighted by molar-refractivity contribution is 0.602. The minimum Gasteiger partial charge on any atom is -0.363 e. The van der Waals surface area contributed by atoms with Gasteiger partial charge < -0.3 is 15.6 Å². The third-order valence-electron chi connectivity index (χ3n) is 2.13. The van der Waals surface area contributed by atoms with E-state index in [1.165, 1.54) is 4.57 Å². The fraction of sp³-hybridized carbons (Fsp3) is 0.600. The highest BCUT2D eigenvalue weighted by atomic mass is 16.1. The average Bonchev–Trinajstić information content (AvgIpc) is 2.11. The number of aromatic nitrogens is 2. The lowest BCUT2D eigenvalue weighted by Gasteiger charge is -2.16. The molecule has 84 valence electrons. The highest BCUT2D eigenvalue weighted by molar-refractivity contribution is 5.31. The standard InChI is InChI=1S/C10H18N4O/c1-7(11)6-8(2)13-9-10(15)14(3)5-4-12-9/h4-5,7-8H,6,11H2,1-3H3,(H,12,13). The van der Waals surface area contributed by atoms with Crippen molar-refractivity contribution in [2.75, 3.05) is 5.32 Å². The smallest absolute Gasteiger partial charge is 0.293 e. The molecule has 0 radical (unpaired) electrons. The van der Waals surface area contributed by atoms with Gasteiger partial charge in [-0.2, -0.15) is 0 Å². The van der Waals surface area contributed by atoms with Crippen molar-refractivity contribution in [3.8, 4) is 0 Å². The highest BCUT2D eigenvalue weighted by Crippen LogP contribution is 2.01. The number of nitrogens with zero attached hydrogens (tertiary/aromatic N) is 2. The molecule has 15 heavy (non-hydrogen) atoms. The Kier molecular flexibility index (Phi) is 3.85. The van der Waals surface area contributed by atoms with E-state index in [-0.39, 0.29) is 17.6 Å². The van der Waals surface area contributed by atoms with Gasteiger partial charge in [-0.05, 0) is 20.3 Å². The molecule has 0 saturated heterocycles. The van der Waals surface area contributed by atoms with Crippen molar-refractivity contribution in [1.29, 1.82) is 0 Å². The zero-order valence-corrected chi connectivity index (χ0v) is 9.40. The molecule has 0 aromatic carbocycles. The second-order valence-corrected chi connectivity index (χ2v) is 3.95. The van der Waals surface area contributed by atoms with E-state index < -0.39 is 0 Å². The van der Waals surface area contributed by atoms with Crippen LogP contribution >= 0.6 is 0 Å². The van der Waals surface area contributed by atoms with E-state index in [2.05, 4.69) is 10.3 Å². The highest BCUT2D eigenvalue weighted by Gasteiger charge is 2.08. The van der Waals surface area contributed by atoms with Crippen LogP contribution in [0.2, 0.25) is 0 Å². The molecule has 0 amide bonds. The maximum atomic E-state index is 11.6. The van der Waals surface area contributed by atoms with Gasteiger partial charge in [0, 0.05) is 31.5 Å².